The van der Waals surface area contributed by atoms with Crippen molar-refractivity contribution in [1.29, 1.82) is 0 Å². The molecule has 2 aliphatic rings. The number of hydrogen-bond donors (Lipinski definition) is 0. The predicted molar refractivity (Wildman–Crippen MR) is 92.7 cm³/mol. The molecule has 0 spiro atoms. The Morgan fingerprint density at radius 2 is 2.08 bits per heavy atom. The Kier molecular flexibility index (Phi) is 4.44. The summed E-state index contributed by atoms with van der Waals surface area (Å²) in [4.78, 5) is 28.7. The second-order valence-electron chi connectivity index (χ2n) is 6.84. The summed E-state index contributed by atoms with van der Waals surface area (Å²) in [5.74, 6) is -0.731. The number of benzene rings is 1. The lowest BCUT2D eigenvalue weighted by molar-refractivity contribution is -0.128. The van der Waals surface area contributed by atoms with Crippen LogP contribution < -0.4 is 0 Å². The fourth-order valence-corrected chi connectivity index (χ4v) is 3.79. The summed E-state index contributed by atoms with van der Waals surface area (Å²) < 4.78 is 16.1. The summed E-state index contributed by atoms with van der Waals surface area (Å²) in [5.41, 5.74) is 0.989. The number of carbonyl (C=O) groups is 2. The third-order valence-electron chi connectivity index (χ3n) is 5.22. The van der Waals surface area contributed by atoms with Gasteiger partial charge in [0, 0.05) is 32.3 Å². The number of amides is 2. The van der Waals surface area contributed by atoms with Gasteiger partial charge < -0.3 is 9.80 Å². The molecule has 2 amide bonds. The molecule has 2 aliphatic heterocycles. The standard InChI is InChI=1S/C19H21FN4O2/c20-17-5-2-1-4-16(17)19(26)23-13-15-7-9-21-24(15)11-8-14(23)12-22-10-3-6-18(22)25/h1-2,4-5,7,9,14H,3,6,8,10-13H2/t14-/m0/s1. The Balaban J connectivity index is 1.64. The molecular formula is C19H21FN4O2. The average Bonchev–Trinajstić information content (AvgIpc) is 3.21. The predicted octanol–water partition coefficient (Wildman–Crippen LogP) is 2.06. The van der Waals surface area contributed by atoms with Crippen LogP contribution in [-0.2, 0) is 17.9 Å². The van der Waals surface area contributed by atoms with Crippen molar-refractivity contribution >= 4 is 11.8 Å². The van der Waals surface area contributed by atoms with Gasteiger partial charge in [-0.3, -0.25) is 14.3 Å². The zero-order valence-electron chi connectivity index (χ0n) is 14.5. The van der Waals surface area contributed by atoms with Crippen molar-refractivity contribution in [2.45, 2.75) is 38.4 Å². The van der Waals surface area contributed by atoms with E-state index in [0.717, 1.165) is 18.7 Å². The molecule has 1 saturated heterocycles. The van der Waals surface area contributed by atoms with Crippen LogP contribution in [0.25, 0.3) is 0 Å². The van der Waals surface area contributed by atoms with E-state index in [9.17, 15) is 14.0 Å². The zero-order chi connectivity index (χ0) is 18.1. The summed E-state index contributed by atoms with van der Waals surface area (Å²) in [6.07, 6.45) is 3.81. The molecule has 26 heavy (non-hydrogen) atoms. The highest BCUT2D eigenvalue weighted by atomic mass is 19.1. The monoisotopic (exact) mass is 356 g/mol. The van der Waals surface area contributed by atoms with Gasteiger partial charge in [-0.25, -0.2) is 4.39 Å². The van der Waals surface area contributed by atoms with Crippen molar-refractivity contribution in [3.8, 4) is 0 Å². The van der Waals surface area contributed by atoms with Crippen LogP contribution in [0.4, 0.5) is 4.39 Å². The number of rotatable bonds is 3. The maximum Gasteiger partial charge on any atom is 0.257 e. The number of nitrogens with zero attached hydrogens (tertiary/aromatic N) is 4. The van der Waals surface area contributed by atoms with E-state index < -0.39 is 5.82 Å². The third kappa shape index (κ3) is 3.09. The zero-order valence-corrected chi connectivity index (χ0v) is 14.5. The van der Waals surface area contributed by atoms with Gasteiger partial charge in [0.05, 0.1) is 23.8 Å². The van der Waals surface area contributed by atoms with Gasteiger partial charge >= 0.3 is 0 Å². The van der Waals surface area contributed by atoms with Crippen LogP contribution in [0.2, 0.25) is 0 Å². The molecule has 1 atom stereocenters. The van der Waals surface area contributed by atoms with E-state index in [-0.39, 0.29) is 23.4 Å². The first-order valence-corrected chi connectivity index (χ1v) is 8.97. The topological polar surface area (TPSA) is 58.4 Å². The summed E-state index contributed by atoms with van der Waals surface area (Å²) in [7, 11) is 0. The van der Waals surface area contributed by atoms with Crippen molar-refractivity contribution < 1.29 is 14.0 Å². The van der Waals surface area contributed by atoms with Gasteiger partial charge in [0.25, 0.3) is 5.91 Å². The number of carbonyl (C=O) groups excluding carboxylic acids is 2. The average molecular weight is 356 g/mol. The van der Waals surface area contributed by atoms with Crippen molar-refractivity contribution in [3.05, 3.63) is 53.6 Å². The summed E-state index contributed by atoms with van der Waals surface area (Å²) in [6, 6.07) is 7.77. The van der Waals surface area contributed by atoms with Crippen molar-refractivity contribution in [1.82, 2.24) is 19.6 Å². The molecule has 1 fully saturated rings. The Hall–Kier alpha value is -2.70. The highest BCUT2D eigenvalue weighted by molar-refractivity contribution is 5.94. The van der Waals surface area contributed by atoms with E-state index in [1.54, 1.807) is 23.2 Å². The number of halogens is 1. The van der Waals surface area contributed by atoms with Gasteiger partial charge in [-0.15, -0.1) is 0 Å². The lowest BCUT2D eigenvalue weighted by Gasteiger charge is -2.33. The number of fused-ring (bicyclic) bond motifs is 1. The minimum atomic E-state index is -0.522. The molecule has 0 aliphatic carbocycles. The normalized spacial score (nSPS) is 20.2. The maximum absolute atomic E-state index is 14.2. The number of aryl methyl sites for hydroxylation is 1. The number of aromatic nitrogens is 2. The summed E-state index contributed by atoms with van der Waals surface area (Å²) >= 11 is 0. The largest absolute Gasteiger partial charge is 0.341 e. The van der Waals surface area contributed by atoms with Crippen LogP contribution in [0.1, 0.15) is 35.3 Å². The Bertz CT molecular complexity index is 834. The Labute approximate surface area is 151 Å². The smallest absolute Gasteiger partial charge is 0.257 e. The molecular weight excluding hydrogens is 335 g/mol. The van der Waals surface area contributed by atoms with Crippen LogP contribution in [0.15, 0.2) is 36.5 Å². The molecule has 0 bridgehead atoms. The SMILES string of the molecule is O=C1CCCN1C[C@@H]1CCn2nccc2CN1C(=O)c1ccccc1F. The van der Waals surface area contributed by atoms with Crippen LogP contribution >= 0.6 is 0 Å². The minimum absolute atomic E-state index is 0.0678. The highest BCUT2D eigenvalue weighted by Gasteiger charge is 2.33. The van der Waals surface area contributed by atoms with Crippen molar-refractivity contribution in [2.75, 3.05) is 13.1 Å². The molecule has 3 heterocycles. The van der Waals surface area contributed by atoms with Crippen LogP contribution in [0, 0.1) is 5.82 Å². The fourth-order valence-electron chi connectivity index (χ4n) is 3.79. The maximum atomic E-state index is 14.2. The number of likely N-dealkylation sites (tertiary alicyclic amines) is 1. The molecule has 6 nitrogen and oxygen atoms in total. The van der Waals surface area contributed by atoms with Crippen LogP contribution in [0.5, 0.6) is 0 Å². The van der Waals surface area contributed by atoms with Gasteiger partial charge in [-0.05, 0) is 31.0 Å². The molecule has 0 radical (unpaired) electrons. The lowest BCUT2D eigenvalue weighted by Crippen LogP contribution is -2.46. The molecule has 0 N–H and O–H groups in total. The first kappa shape index (κ1) is 16.8. The molecule has 4 rings (SSSR count). The second kappa shape index (κ2) is 6.90. The number of hydrogen-bond acceptors (Lipinski definition) is 3. The van der Waals surface area contributed by atoms with Gasteiger partial charge in [-0.1, -0.05) is 12.1 Å². The van der Waals surface area contributed by atoms with Gasteiger partial charge in [0.1, 0.15) is 5.82 Å². The Morgan fingerprint density at radius 1 is 1.23 bits per heavy atom. The summed E-state index contributed by atoms with van der Waals surface area (Å²) in [5, 5.41) is 4.31. The quantitative estimate of drug-likeness (QED) is 0.846. The first-order valence-electron chi connectivity index (χ1n) is 8.97. The molecule has 136 valence electrons. The lowest BCUT2D eigenvalue weighted by atomic mass is 10.1. The fraction of sp³-hybridized carbons (Fsp3) is 0.421. The van der Waals surface area contributed by atoms with Gasteiger partial charge in [0.2, 0.25) is 5.91 Å². The van der Waals surface area contributed by atoms with Gasteiger partial charge in [-0.2, -0.15) is 5.10 Å². The Morgan fingerprint density at radius 3 is 2.85 bits per heavy atom. The molecule has 7 heteroatoms. The van der Waals surface area contributed by atoms with Crippen molar-refractivity contribution in [2.24, 2.45) is 0 Å². The van der Waals surface area contributed by atoms with Gasteiger partial charge in [0.15, 0.2) is 0 Å². The molecule has 2 aromatic rings. The van der Waals surface area contributed by atoms with E-state index in [2.05, 4.69) is 5.10 Å². The van der Waals surface area contributed by atoms with E-state index in [4.69, 9.17) is 0 Å². The molecule has 1 aromatic carbocycles. The van der Waals surface area contributed by atoms with E-state index >= 15 is 0 Å². The van der Waals surface area contributed by atoms with Crippen LogP contribution in [0.3, 0.4) is 0 Å². The molecule has 0 saturated carbocycles. The third-order valence-corrected chi connectivity index (χ3v) is 5.22. The first-order chi connectivity index (χ1) is 12.6. The molecule has 1 aromatic heterocycles. The van der Waals surface area contributed by atoms with E-state index in [1.165, 1.54) is 12.1 Å². The highest BCUT2D eigenvalue weighted by Crippen LogP contribution is 2.23. The second-order valence-corrected chi connectivity index (χ2v) is 6.84. The van der Waals surface area contributed by atoms with Crippen molar-refractivity contribution in [3.63, 3.8) is 0 Å². The van der Waals surface area contributed by atoms with E-state index in [1.807, 2.05) is 15.6 Å². The molecule has 0 unspecified atom stereocenters. The van der Waals surface area contributed by atoms with Crippen LogP contribution in [-0.4, -0.2) is 50.5 Å². The van der Waals surface area contributed by atoms with E-state index in [0.29, 0.717) is 32.5 Å². The minimum Gasteiger partial charge on any atom is -0.341 e. The summed E-state index contributed by atoms with van der Waals surface area (Å²) in [6.45, 7) is 2.25.